The van der Waals surface area contributed by atoms with Gasteiger partial charge >= 0.3 is 0 Å². The average Bonchev–Trinajstić information content (AvgIpc) is 2.92. The van der Waals surface area contributed by atoms with Crippen LogP contribution in [0.1, 0.15) is 32.6 Å². The fourth-order valence-electron chi connectivity index (χ4n) is 2.38. The van der Waals surface area contributed by atoms with Crippen molar-refractivity contribution in [1.29, 1.82) is 0 Å². The highest BCUT2D eigenvalue weighted by atomic mass is 35.5. The number of benzene rings is 1. The number of hydrogen-bond acceptors (Lipinski definition) is 3. The molecule has 1 aromatic carbocycles. The highest BCUT2D eigenvalue weighted by Gasteiger charge is 2.15. The standard InChI is InChI=1S/C15H20ClN3OS/c1-2-5-14(20)18-15(21)17-11-6-7-13(12(16)10-11)19-8-3-4-9-19/h6-7,10H,2-5,8-9H2,1H3,(H2,17,18,20,21). The zero-order valence-corrected chi connectivity index (χ0v) is 13.7. The van der Waals surface area contributed by atoms with Gasteiger partial charge in [0, 0.05) is 25.2 Å². The van der Waals surface area contributed by atoms with Gasteiger partial charge in [-0.2, -0.15) is 0 Å². The number of carbonyl (C=O) groups excluding carboxylic acids is 1. The van der Waals surface area contributed by atoms with E-state index in [2.05, 4.69) is 15.5 Å². The minimum atomic E-state index is -0.0743. The van der Waals surface area contributed by atoms with Crippen LogP contribution in [-0.2, 0) is 4.79 Å². The minimum Gasteiger partial charge on any atom is -0.370 e. The van der Waals surface area contributed by atoms with Gasteiger partial charge in [-0.1, -0.05) is 18.5 Å². The van der Waals surface area contributed by atoms with Crippen molar-refractivity contribution in [1.82, 2.24) is 5.32 Å². The molecule has 0 aromatic heterocycles. The second-order valence-corrected chi connectivity index (χ2v) is 5.93. The number of thiocarbonyl (C=S) groups is 1. The highest BCUT2D eigenvalue weighted by Crippen LogP contribution is 2.31. The van der Waals surface area contributed by atoms with Crippen LogP contribution in [0.2, 0.25) is 5.02 Å². The van der Waals surface area contributed by atoms with Crippen LogP contribution >= 0.6 is 23.8 Å². The van der Waals surface area contributed by atoms with Crippen LogP contribution in [0, 0.1) is 0 Å². The van der Waals surface area contributed by atoms with Crippen LogP contribution in [0.15, 0.2) is 18.2 Å². The molecule has 1 amide bonds. The molecule has 1 aliphatic heterocycles. The Morgan fingerprint density at radius 3 is 2.71 bits per heavy atom. The summed E-state index contributed by atoms with van der Waals surface area (Å²) in [5.74, 6) is -0.0743. The molecule has 0 radical (unpaired) electrons. The second kappa shape index (κ2) is 7.61. The molecule has 1 aliphatic rings. The van der Waals surface area contributed by atoms with E-state index in [-0.39, 0.29) is 5.91 Å². The van der Waals surface area contributed by atoms with Crippen molar-refractivity contribution in [3.63, 3.8) is 0 Å². The van der Waals surface area contributed by atoms with E-state index in [1.54, 1.807) is 0 Å². The largest absolute Gasteiger partial charge is 0.370 e. The number of carbonyl (C=O) groups is 1. The Morgan fingerprint density at radius 1 is 1.38 bits per heavy atom. The molecule has 1 heterocycles. The Balaban J connectivity index is 1.96. The maximum Gasteiger partial charge on any atom is 0.226 e. The molecule has 1 fully saturated rings. The number of anilines is 2. The van der Waals surface area contributed by atoms with Crippen molar-refractivity contribution in [2.45, 2.75) is 32.6 Å². The lowest BCUT2D eigenvalue weighted by atomic mass is 10.2. The predicted octanol–water partition coefficient (Wildman–Crippen LogP) is 3.55. The van der Waals surface area contributed by atoms with Gasteiger partial charge < -0.3 is 15.5 Å². The van der Waals surface area contributed by atoms with E-state index in [9.17, 15) is 4.79 Å². The van der Waals surface area contributed by atoms with E-state index >= 15 is 0 Å². The third kappa shape index (κ3) is 4.58. The normalized spacial score (nSPS) is 14.1. The molecule has 0 bridgehead atoms. The summed E-state index contributed by atoms with van der Waals surface area (Å²) in [5.41, 5.74) is 1.84. The average molecular weight is 326 g/mol. The molecule has 0 spiro atoms. The molecule has 2 N–H and O–H groups in total. The van der Waals surface area contributed by atoms with E-state index in [0.717, 1.165) is 30.9 Å². The summed E-state index contributed by atoms with van der Waals surface area (Å²) >= 11 is 11.4. The van der Waals surface area contributed by atoms with Gasteiger partial charge in [0.2, 0.25) is 5.91 Å². The number of amides is 1. The van der Waals surface area contributed by atoms with Crippen molar-refractivity contribution in [3.05, 3.63) is 23.2 Å². The van der Waals surface area contributed by atoms with Crippen LogP contribution < -0.4 is 15.5 Å². The fraction of sp³-hybridized carbons (Fsp3) is 0.467. The Hall–Kier alpha value is -1.33. The number of halogens is 1. The lowest BCUT2D eigenvalue weighted by molar-refractivity contribution is -0.119. The maximum absolute atomic E-state index is 11.5. The smallest absolute Gasteiger partial charge is 0.226 e. The molecule has 1 saturated heterocycles. The molecule has 0 saturated carbocycles. The first-order chi connectivity index (χ1) is 10.1. The minimum absolute atomic E-state index is 0.0743. The summed E-state index contributed by atoms with van der Waals surface area (Å²) < 4.78 is 0. The first-order valence-electron chi connectivity index (χ1n) is 7.25. The lowest BCUT2D eigenvalue weighted by Gasteiger charge is -2.20. The number of rotatable bonds is 4. The quantitative estimate of drug-likeness (QED) is 0.831. The molecule has 1 aromatic rings. The molecule has 2 rings (SSSR count). The van der Waals surface area contributed by atoms with E-state index in [1.165, 1.54) is 12.8 Å². The summed E-state index contributed by atoms with van der Waals surface area (Å²) in [7, 11) is 0. The summed E-state index contributed by atoms with van der Waals surface area (Å²) in [6, 6.07) is 5.76. The number of hydrogen-bond donors (Lipinski definition) is 2. The van der Waals surface area contributed by atoms with Crippen LogP contribution in [0.3, 0.4) is 0 Å². The van der Waals surface area contributed by atoms with Gasteiger partial charge in [0.15, 0.2) is 5.11 Å². The van der Waals surface area contributed by atoms with Crippen LogP contribution in [0.4, 0.5) is 11.4 Å². The van der Waals surface area contributed by atoms with Gasteiger partial charge in [-0.15, -0.1) is 0 Å². The van der Waals surface area contributed by atoms with Crippen molar-refractivity contribution >= 4 is 46.2 Å². The van der Waals surface area contributed by atoms with Gasteiger partial charge in [-0.05, 0) is 49.7 Å². The summed E-state index contributed by atoms with van der Waals surface area (Å²) in [6.45, 7) is 4.06. The zero-order chi connectivity index (χ0) is 15.2. The van der Waals surface area contributed by atoms with E-state index in [0.29, 0.717) is 16.6 Å². The molecule has 4 nitrogen and oxygen atoms in total. The van der Waals surface area contributed by atoms with E-state index in [1.807, 2.05) is 25.1 Å². The second-order valence-electron chi connectivity index (χ2n) is 5.11. The van der Waals surface area contributed by atoms with Gasteiger partial charge in [-0.3, -0.25) is 4.79 Å². The third-order valence-corrected chi connectivity index (χ3v) is 3.89. The Kier molecular flexibility index (Phi) is 5.82. The number of nitrogens with zero attached hydrogens (tertiary/aromatic N) is 1. The number of nitrogens with one attached hydrogen (secondary N) is 2. The lowest BCUT2D eigenvalue weighted by Crippen LogP contribution is -2.33. The molecule has 0 aliphatic carbocycles. The van der Waals surface area contributed by atoms with Crippen molar-refractivity contribution in [3.8, 4) is 0 Å². The molecule has 6 heteroatoms. The molecule has 114 valence electrons. The Labute approximate surface area is 135 Å². The SMILES string of the molecule is CCCC(=O)NC(=S)Nc1ccc(N2CCCC2)c(Cl)c1. The van der Waals surface area contributed by atoms with Gasteiger partial charge in [0.1, 0.15) is 0 Å². The summed E-state index contributed by atoms with van der Waals surface area (Å²) in [5, 5.41) is 6.64. The molecule has 0 unspecified atom stereocenters. The van der Waals surface area contributed by atoms with E-state index < -0.39 is 0 Å². The van der Waals surface area contributed by atoms with E-state index in [4.69, 9.17) is 23.8 Å². The van der Waals surface area contributed by atoms with Crippen LogP contribution in [0.5, 0.6) is 0 Å². The van der Waals surface area contributed by atoms with Gasteiger partial charge in [0.25, 0.3) is 0 Å². The maximum atomic E-state index is 11.5. The monoisotopic (exact) mass is 325 g/mol. The Morgan fingerprint density at radius 2 is 2.10 bits per heavy atom. The highest BCUT2D eigenvalue weighted by molar-refractivity contribution is 7.80. The summed E-state index contributed by atoms with van der Waals surface area (Å²) in [4.78, 5) is 13.8. The molecular weight excluding hydrogens is 306 g/mol. The molecular formula is C15H20ClN3OS. The summed E-state index contributed by atoms with van der Waals surface area (Å²) in [6.07, 6.45) is 3.69. The Bertz CT molecular complexity index is 530. The topological polar surface area (TPSA) is 44.4 Å². The predicted molar refractivity (Wildman–Crippen MR) is 92.2 cm³/mol. The molecule has 21 heavy (non-hydrogen) atoms. The first kappa shape index (κ1) is 16.0. The van der Waals surface area contributed by atoms with Crippen LogP contribution in [-0.4, -0.2) is 24.1 Å². The van der Waals surface area contributed by atoms with Gasteiger partial charge in [0.05, 0.1) is 10.7 Å². The van der Waals surface area contributed by atoms with Crippen molar-refractivity contribution < 1.29 is 4.79 Å². The first-order valence-corrected chi connectivity index (χ1v) is 8.04. The van der Waals surface area contributed by atoms with Crippen molar-refractivity contribution in [2.75, 3.05) is 23.3 Å². The zero-order valence-electron chi connectivity index (χ0n) is 12.1. The van der Waals surface area contributed by atoms with Crippen molar-refractivity contribution in [2.24, 2.45) is 0 Å². The fourth-order valence-corrected chi connectivity index (χ4v) is 2.91. The van der Waals surface area contributed by atoms with Crippen LogP contribution in [0.25, 0.3) is 0 Å². The molecule has 0 atom stereocenters. The van der Waals surface area contributed by atoms with Gasteiger partial charge in [-0.25, -0.2) is 0 Å². The third-order valence-electron chi connectivity index (χ3n) is 3.38.